The highest BCUT2D eigenvalue weighted by molar-refractivity contribution is 6.02. The molecule has 4 aromatic rings. The summed E-state index contributed by atoms with van der Waals surface area (Å²) in [4.78, 5) is 16.6. The van der Waals surface area contributed by atoms with E-state index in [-0.39, 0.29) is 5.91 Å². The standard InChI is InChI=1S/C21H16N2O3/c1-14-7-9-19-18(12-14)23-21(26-19)15-4-2-5-16(13-15)22-20(24)10-8-17-6-3-11-25-17/h2-13H,1H3,(H,22,24)/b10-8+. The average molecular weight is 344 g/mol. The van der Waals surface area contributed by atoms with E-state index in [9.17, 15) is 4.79 Å². The van der Waals surface area contributed by atoms with Gasteiger partial charge in [0, 0.05) is 17.3 Å². The quantitative estimate of drug-likeness (QED) is 0.526. The Morgan fingerprint density at radius 2 is 2.04 bits per heavy atom. The summed E-state index contributed by atoms with van der Waals surface area (Å²) in [7, 11) is 0. The molecular formula is C21H16N2O3. The number of aromatic nitrogens is 1. The second-order valence-corrected chi connectivity index (χ2v) is 5.91. The predicted octanol–water partition coefficient (Wildman–Crippen LogP) is 5.05. The first-order chi connectivity index (χ1) is 12.7. The SMILES string of the molecule is Cc1ccc2oc(-c3cccc(NC(=O)/C=C/c4ccco4)c3)nc2c1. The summed E-state index contributed by atoms with van der Waals surface area (Å²) in [5.74, 6) is 0.898. The molecule has 0 bridgehead atoms. The van der Waals surface area contributed by atoms with Crippen molar-refractivity contribution < 1.29 is 13.6 Å². The van der Waals surface area contributed by atoms with Crippen LogP contribution in [0.1, 0.15) is 11.3 Å². The van der Waals surface area contributed by atoms with E-state index in [1.54, 1.807) is 24.5 Å². The van der Waals surface area contributed by atoms with Crippen LogP contribution in [0.5, 0.6) is 0 Å². The summed E-state index contributed by atoms with van der Waals surface area (Å²) in [5, 5.41) is 2.82. The molecule has 1 amide bonds. The Morgan fingerprint density at radius 3 is 2.88 bits per heavy atom. The van der Waals surface area contributed by atoms with Gasteiger partial charge in [0.2, 0.25) is 11.8 Å². The van der Waals surface area contributed by atoms with Gasteiger partial charge in [0.15, 0.2) is 5.58 Å². The van der Waals surface area contributed by atoms with E-state index in [1.165, 1.54) is 6.08 Å². The van der Waals surface area contributed by atoms with E-state index in [0.29, 0.717) is 17.3 Å². The molecule has 5 nitrogen and oxygen atoms in total. The number of amides is 1. The number of benzene rings is 2. The van der Waals surface area contributed by atoms with Crippen molar-refractivity contribution >= 4 is 28.8 Å². The van der Waals surface area contributed by atoms with Crippen molar-refractivity contribution in [2.75, 3.05) is 5.32 Å². The van der Waals surface area contributed by atoms with E-state index < -0.39 is 0 Å². The Kier molecular flexibility index (Phi) is 4.11. The molecule has 1 N–H and O–H groups in total. The van der Waals surface area contributed by atoms with Crippen LogP contribution in [0, 0.1) is 6.92 Å². The first kappa shape index (κ1) is 15.9. The molecule has 2 aromatic carbocycles. The van der Waals surface area contributed by atoms with Crippen LogP contribution in [-0.4, -0.2) is 10.9 Å². The van der Waals surface area contributed by atoms with E-state index in [1.807, 2.05) is 49.4 Å². The molecule has 0 unspecified atom stereocenters. The van der Waals surface area contributed by atoms with E-state index in [2.05, 4.69) is 10.3 Å². The van der Waals surface area contributed by atoms with Gasteiger partial charge < -0.3 is 14.2 Å². The number of anilines is 1. The van der Waals surface area contributed by atoms with E-state index >= 15 is 0 Å². The molecular weight excluding hydrogens is 328 g/mol. The van der Waals surface area contributed by atoms with Crippen LogP contribution in [0.4, 0.5) is 5.69 Å². The zero-order valence-electron chi connectivity index (χ0n) is 14.1. The number of hydrogen-bond donors (Lipinski definition) is 1. The summed E-state index contributed by atoms with van der Waals surface area (Å²) in [6.07, 6.45) is 4.60. The van der Waals surface area contributed by atoms with Crippen LogP contribution >= 0.6 is 0 Å². The van der Waals surface area contributed by atoms with Gasteiger partial charge in [0.1, 0.15) is 11.3 Å². The molecule has 0 saturated heterocycles. The molecule has 0 radical (unpaired) electrons. The van der Waals surface area contributed by atoms with Crippen LogP contribution < -0.4 is 5.32 Å². The highest BCUT2D eigenvalue weighted by Gasteiger charge is 2.09. The largest absolute Gasteiger partial charge is 0.465 e. The Morgan fingerprint density at radius 1 is 1.12 bits per heavy atom. The topological polar surface area (TPSA) is 68.3 Å². The average Bonchev–Trinajstić information content (AvgIpc) is 3.29. The normalized spacial score (nSPS) is 11.3. The summed E-state index contributed by atoms with van der Waals surface area (Å²) >= 11 is 0. The number of rotatable bonds is 4. The lowest BCUT2D eigenvalue weighted by molar-refractivity contribution is -0.111. The maximum Gasteiger partial charge on any atom is 0.248 e. The van der Waals surface area contributed by atoms with Crippen molar-refractivity contribution in [3.63, 3.8) is 0 Å². The number of carbonyl (C=O) groups excluding carboxylic acids is 1. The number of furan rings is 1. The number of nitrogens with one attached hydrogen (secondary N) is 1. The Bertz CT molecular complexity index is 1090. The molecule has 0 atom stereocenters. The van der Waals surface area contributed by atoms with E-state index in [4.69, 9.17) is 8.83 Å². The van der Waals surface area contributed by atoms with Crippen LogP contribution in [0.15, 0.2) is 75.8 Å². The fraction of sp³-hybridized carbons (Fsp3) is 0.0476. The first-order valence-electron chi connectivity index (χ1n) is 8.17. The highest BCUT2D eigenvalue weighted by Crippen LogP contribution is 2.26. The van der Waals surface area contributed by atoms with Crippen LogP contribution in [-0.2, 0) is 4.79 Å². The minimum Gasteiger partial charge on any atom is -0.465 e. The second-order valence-electron chi connectivity index (χ2n) is 5.91. The number of oxazole rings is 1. The molecule has 5 heteroatoms. The smallest absolute Gasteiger partial charge is 0.248 e. The van der Waals surface area contributed by atoms with E-state index in [0.717, 1.165) is 22.2 Å². The van der Waals surface area contributed by atoms with Gasteiger partial charge >= 0.3 is 0 Å². The molecule has 4 rings (SSSR count). The molecule has 0 fully saturated rings. The van der Waals surface area contributed by atoms with Gasteiger partial charge in [-0.25, -0.2) is 4.98 Å². The Labute approximate surface area is 150 Å². The number of carbonyl (C=O) groups is 1. The minimum absolute atomic E-state index is 0.244. The van der Waals surface area contributed by atoms with Gasteiger partial charge in [0.05, 0.1) is 6.26 Å². The highest BCUT2D eigenvalue weighted by atomic mass is 16.3. The second kappa shape index (κ2) is 6.72. The number of hydrogen-bond acceptors (Lipinski definition) is 4. The number of aryl methyl sites for hydroxylation is 1. The zero-order chi connectivity index (χ0) is 17.9. The molecule has 128 valence electrons. The van der Waals surface area contributed by atoms with Crippen molar-refractivity contribution in [3.05, 3.63) is 78.3 Å². The van der Waals surface area contributed by atoms with Crippen molar-refractivity contribution in [2.24, 2.45) is 0 Å². The molecule has 0 aliphatic rings. The monoisotopic (exact) mass is 344 g/mol. The van der Waals surface area contributed by atoms with Gasteiger partial charge in [-0.3, -0.25) is 4.79 Å². The lowest BCUT2D eigenvalue weighted by Crippen LogP contribution is -2.07. The fourth-order valence-electron chi connectivity index (χ4n) is 2.62. The molecule has 0 spiro atoms. The fourth-order valence-corrected chi connectivity index (χ4v) is 2.62. The molecule has 0 aliphatic carbocycles. The third-order valence-corrected chi connectivity index (χ3v) is 3.86. The van der Waals surface area contributed by atoms with Gasteiger partial charge in [-0.1, -0.05) is 12.1 Å². The summed E-state index contributed by atoms with van der Waals surface area (Å²) in [5.41, 5.74) is 4.14. The van der Waals surface area contributed by atoms with Crippen molar-refractivity contribution in [3.8, 4) is 11.5 Å². The maximum atomic E-state index is 12.1. The third kappa shape index (κ3) is 3.42. The van der Waals surface area contributed by atoms with Crippen LogP contribution in [0.25, 0.3) is 28.6 Å². The van der Waals surface area contributed by atoms with Crippen LogP contribution in [0.3, 0.4) is 0 Å². The molecule has 26 heavy (non-hydrogen) atoms. The molecule has 2 aromatic heterocycles. The van der Waals surface area contributed by atoms with Crippen LogP contribution in [0.2, 0.25) is 0 Å². The lowest BCUT2D eigenvalue weighted by Gasteiger charge is -2.03. The predicted molar refractivity (Wildman–Crippen MR) is 101 cm³/mol. The van der Waals surface area contributed by atoms with Crippen molar-refractivity contribution in [2.45, 2.75) is 6.92 Å². The maximum absolute atomic E-state index is 12.1. The Balaban J connectivity index is 1.54. The Hall–Kier alpha value is -3.60. The molecule has 2 heterocycles. The van der Waals surface area contributed by atoms with Gasteiger partial charge in [0.25, 0.3) is 0 Å². The number of fused-ring (bicyclic) bond motifs is 1. The zero-order valence-corrected chi connectivity index (χ0v) is 14.1. The minimum atomic E-state index is -0.244. The molecule has 0 saturated carbocycles. The third-order valence-electron chi connectivity index (χ3n) is 3.86. The van der Waals surface area contributed by atoms with Gasteiger partial charge in [-0.2, -0.15) is 0 Å². The van der Waals surface area contributed by atoms with Gasteiger partial charge in [-0.05, 0) is 61.0 Å². The summed E-state index contributed by atoms with van der Waals surface area (Å²) < 4.78 is 11.0. The number of nitrogens with zero attached hydrogens (tertiary/aromatic N) is 1. The first-order valence-corrected chi connectivity index (χ1v) is 8.17. The van der Waals surface area contributed by atoms with Crippen molar-refractivity contribution in [1.82, 2.24) is 4.98 Å². The summed E-state index contributed by atoms with van der Waals surface area (Å²) in [6.45, 7) is 2.01. The van der Waals surface area contributed by atoms with Crippen molar-refractivity contribution in [1.29, 1.82) is 0 Å². The molecule has 0 aliphatic heterocycles. The lowest BCUT2D eigenvalue weighted by atomic mass is 10.2. The van der Waals surface area contributed by atoms with Gasteiger partial charge in [-0.15, -0.1) is 0 Å². The summed E-state index contributed by atoms with van der Waals surface area (Å²) in [6, 6.07) is 16.8.